The van der Waals surface area contributed by atoms with Crippen LogP contribution >= 0.6 is 0 Å². The summed E-state index contributed by atoms with van der Waals surface area (Å²) in [4.78, 5) is 35.3. The number of rotatable bonds is 6. The SMILES string of the molecule is CCOC(=O)c1ccc(OCC(=O)NNC(=O)c2ccccc2C)cc1. The molecule has 7 nitrogen and oxygen atoms in total. The van der Waals surface area contributed by atoms with Crippen LogP contribution in [0, 0.1) is 6.92 Å². The molecule has 2 aromatic rings. The van der Waals surface area contributed by atoms with Crippen molar-refractivity contribution in [3.05, 3.63) is 65.2 Å². The van der Waals surface area contributed by atoms with Crippen LogP contribution in [0.15, 0.2) is 48.5 Å². The molecule has 0 radical (unpaired) electrons. The molecule has 136 valence electrons. The number of esters is 1. The highest BCUT2D eigenvalue weighted by Gasteiger charge is 2.10. The summed E-state index contributed by atoms with van der Waals surface area (Å²) in [5, 5.41) is 0. The fourth-order valence-electron chi connectivity index (χ4n) is 2.11. The molecule has 0 unspecified atom stereocenters. The van der Waals surface area contributed by atoms with Crippen LogP contribution < -0.4 is 15.6 Å². The summed E-state index contributed by atoms with van der Waals surface area (Å²) >= 11 is 0. The van der Waals surface area contributed by atoms with Gasteiger partial charge in [0, 0.05) is 5.56 Å². The van der Waals surface area contributed by atoms with Crippen molar-refractivity contribution in [2.24, 2.45) is 0 Å². The van der Waals surface area contributed by atoms with Crippen molar-refractivity contribution in [3.63, 3.8) is 0 Å². The largest absolute Gasteiger partial charge is 0.484 e. The van der Waals surface area contributed by atoms with Crippen molar-refractivity contribution in [1.29, 1.82) is 0 Å². The number of ether oxygens (including phenoxy) is 2. The van der Waals surface area contributed by atoms with Gasteiger partial charge in [-0.25, -0.2) is 4.79 Å². The van der Waals surface area contributed by atoms with Crippen LogP contribution in [0.4, 0.5) is 0 Å². The Morgan fingerprint density at radius 3 is 2.31 bits per heavy atom. The van der Waals surface area contributed by atoms with Gasteiger partial charge >= 0.3 is 5.97 Å². The number of carbonyl (C=O) groups excluding carboxylic acids is 3. The topological polar surface area (TPSA) is 93.7 Å². The van der Waals surface area contributed by atoms with E-state index in [0.717, 1.165) is 5.56 Å². The van der Waals surface area contributed by atoms with Gasteiger partial charge in [-0.15, -0.1) is 0 Å². The van der Waals surface area contributed by atoms with Crippen molar-refractivity contribution < 1.29 is 23.9 Å². The molecule has 2 aromatic carbocycles. The van der Waals surface area contributed by atoms with Gasteiger partial charge in [0.15, 0.2) is 6.61 Å². The van der Waals surface area contributed by atoms with Crippen molar-refractivity contribution in [3.8, 4) is 5.75 Å². The molecule has 7 heteroatoms. The van der Waals surface area contributed by atoms with Gasteiger partial charge < -0.3 is 9.47 Å². The van der Waals surface area contributed by atoms with E-state index >= 15 is 0 Å². The van der Waals surface area contributed by atoms with Crippen LogP contribution in [0.25, 0.3) is 0 Å². The van der Waals surface area contributed by atoms with E-state index in [0.29, 0.717) is 23.5 Å². The Morgan fingerprint density at radius 1 is 0.962 bits per heavy atom. The molecule has 0 aliphatic rings. The quantitative estimate of drug-likeness (QED) is 0.610. The third-order valence-electron chi connectivity index (χ3n) is 3.44. The van der Waals surface area contributed by atoms with E-state index in [9.17, 15) is 14.4 Å². The van der Waals surface area contributed by atoms with Crippen LogP contribution in [-0.4, -0.2) is 31.0 Å². The number of hydrogen-bond donors (Lipinski definition) is 2. The average Bonchev–Trinajstić information content (AvgIpc) is 2.65. The highest BCUT2D eigenvalue weighted by Crippen LogP contribution is 2.13. The molecule has 2 rings (SSSR count). The first kappa shape index (κ1) is 19.0. The van der Waals surface area contributed by atoms with Crippen LogP contribution in [0.3, 0.4) is 0 Å². The zero-order chi connectivity index (χ0) is 18.9. The second-order valence-electron chi connectivity index (χ2n) is 5.35. The molecule has 0 bridgehead atoms. The number of nitrogens with one attached hydrogen (secondary N) is 2. The van der Waals surface area contributed by atoms with Crippen LogP contribution in [0.2, 0.25) is 0 Å². The van der Waals surface area contributed by atoms with E-state index < -0.39 is 17.8 Å². The van der Waals surface area contributed by atoms with Gasteiger partial charge in [0.1, 0.15) is 5.75 Å². The Labute approximate surface area is 151 Å². The van der Waals surface area contributed by atoms with Gasteiger partial charge in [-0.05, 0) is 49.7 Å². The summed E-state index contributed by atoms with van der Waals surface area (Å²) in [5.74, 6) is -0.925. The molecule has 26 heavy (non-hydrogen) atoms. The maximum absolute atomic E-state index is 12.0. The van der Waals surface area contributed by atoms with Crippen LogP contribution in [-0.2, 0) is 9.53 Å². The zero-order valence-corrected chi connectivity index (χ0v) is 14.6. The number of carbonyl (C=O) groups is 3. The lowest BCUT2D eigenvalue weighted by molar-refractivity contribution is -0.123. The van der Waals surface area contributed by atoms with E-state index in [2.05, 4.69) is 10.9 Å². The van der Waals surface area contributed by atoms with Crippen molar-refractivity contribution in [1.82, 2.24) is 10.9 Å². The fraction of sp³-hybridized carbons (Fsp3) is 0.211. The summed E-state index contributed by atoms with van der Waals surface area (Å²) in [5.41, 5.74) is 6.30. The predicted octanol–water partition coefficient (Wildman–Crippen LogP) is 2.01. The minimum Gasteiger partial charge on any atom is -0.484 e. The molecule has 0 spiro atoms. The number of hydrogen-bond acceptors (Lipinski definition) is 5. The van der Waals surface area contributed by atoms with E-state index in [-0.39, 0.29) is 6.61 Å². The number of aryl methyl sites for hydroxylation is 1. The Bertz CT molecular complexity index is 787. The number of hydrazine groups is 1. The summed E-state index contributed by atoms with van der Waals surface area (Å²) in [6, 6.07) is 13.3. The first-order valence-electron chi connectivity index (χ1n) is 8.06. The Kier molecular flexibility index (Phi) is 6.73. The maximum Gasteiger partial charge on any atom is 0.338 e. The summed E-state index contributed by atoms with van der Waals surface area (Å²) < 4.78 is 10.2. The molecule has 0 aromatic heterocycles. The molecular formula is C19H20N2O5. The second-order valence-corrected chi connectivity index (χ2v) is 5.35. The summed E-state index contributed by atoms with van der Waals surface area (Å²) in [7, 11) is 0. The molecular weight excluding hydrogens is 336 g/mol. The first-order chi connectivity index (χ1) is 12.5. The van der Waals surface area contributed by atoms with Gasteiger partial charge in [-0.2, -0.15) is 0 Å². The molecule has 0 saturated carbocycles. The molecule has 0 saturated heterocycles. The van der Waals surface area contributed by atoms with Crippen LogP contribution in [0.5, 0.6) is 5.75 Å². The lowest BCUT2D eigenvalue weighted by atomic mass is 10.1. The Balaban J connectivity index is 1.79. The maximum atomic E-state index is 12.0. The Hall–Kier alpha value is -3.35. The standard InChI is InChI=1S/C19H20N2O5/c1-3-25-19(24)14-8-10-15(11-9-14)26-12-17(22)20-21-18(23)16-7-5-4-6-13(16)2/h4-11H,3,12H2,1-2H3,(H,20,22)(H,21,23). The third-order valence-corrected chi connectivity index (χ3v) is 3.44. The van der Waals surface area contributed by atoms with E-state index in [1.807, 2.05) is 6.07 Å². The monoisotopic (exact) mass is 356 g/mol. The predicted molar refractivity (Wildman–Crippen MR) is 94.7 cm³/mol. The van der Waals surface area contributed by atoms with E-state index in [1.54, 1.807) is 56.3 Å². The van der Waals surface area contributed by atoms with Gasteiger partial charge in [-0.3, -0.25) is 20.4 Å². The third kappa shape index (κ3) is 5.34. The molecule has 2 N–H and O–H groups in total. The minimum atomic E-state index is -0.513. The number of benzene rings is 2. The Morgan fingerprint density at radius 2 is 1.65 bits per heavy atom. The first-order valence-corrected chi connectivity index (χ1v) is 8.06. The highest BCUT2D eigenvalue weighted by molar-refractivity contribution is 5.96. The van der Waals surface area contributed by atoms with Crippen molar-refractivity contribution >= 4 is 17.8 Å². The zero-order valence-electron chi connectivity index (χ0n) is 14.6. The minimum absolute atomic E-state index is 0.285. The normalized spacial score (nSPS) is 9.92. The van der Waals surface area contributed by atoms with Crippen molar-refractivity contribution in [2.45, 2.75) is 13.8 Å². The number of amides is 2. The van der Waals surface area contributed by atoms with E-state index in [4.69, 9.17) is 9.47 Å². The van der Waals surface area contributed by atoms with Gasteiger partial charge in [-0.1, -0.05) is 18.2 Å². The lowest BCUT2D eigenvalue weighted by Crippen LogP contribution is -2.44. The van der Waals surface area contributed by atoms with E-state index in [1.165, 1.54) is 0 Å². The van der Waals surface area contributed by atoms with Gasteiger partial charge in [0.2, 0.25) is 0 Å². The lowest BCUT2D eigenvalue weighted by Gasteiger charge is -2.10. The molecule has 2 amide bonds. The molecule has 0 aliphatic heterocycles. The molecule has 0 fully saturated rings. The summed E-state index contributed by atoms with van der Waals surface area (Å²) in [6.45, 7) is 3.55. The highest BCUT2D eigenvalue weighted by atomic mass is 16.5. The molecule has 0 atom stereocenters. The average molecular weight is 356 g/mol. The molecule has 0 aliphatic carbocycles. The van der Waals surface area contributed by atoms with Gasteiger partial charge in [0.05, 0.1) is 12.2 Å². The molecule has 0 heterocycles. The second kappa shape index (κ2) is 9.22. The smallest absolute Gasteiger partial charge is 0.338 e. The summed E-state index contributed by atoms with van der Waals surface area (Å²) in [6.07, 6.45) is 0. The van der Waals surface area contributed by atoms with Crippen molar-refractivity contribution in [2.75, 3.05) is 13.2 Å². The van der Waals surface area contributed by atoms with Gasteiger partial charge in [0.25, 0.3) is 11.8 Å². The fourth-order valence-corrected chi connectivity index (χ4v) is 2.11. The van der Waals surface area contributed by atoms with Crippen LogP contribution in [0.1, 0.15) is 33.2 Å².